The molecule has 6 nitrogen and oxygen atoms in total. The first-order valence-corrected chi connectivity index (χ1v) is 7.57. The van der Waals surface area contributed by atoms with Gasteiger partial charge in [0.15, 0.2) is 0 Å². The number of nitrogens with two attached hydrogens (primary N) is 1. The highest BCUT2D eigenvalue weighted by molar-refractivity contribution is 7.89. The molecular weight excluding hydrogens is 266 g/mol. The highest BCUT2D eigenvalue weighted by Gasteiger charge is 2.12. The number of carbonyl (C=O) groups excluding carboxylic acids is 1. The van der Waals surface area contributed by atoms with Crippen LogP contribution in [0.25, 0.3) is 0 Å². The molecule has 19 heavy (non-hydrogen) atoms. The van der Waals surface area contributed by atoms with E-state index in [-0.39, 0.29) is 10.8 Å². The molecule has 0 bridgehead atoms. The van der Waals surface area contributed by atoms with Crippen LogP contribution in [-0.4, -0.2) is 27.4 Å². The highest BCUT2D eigenvalue weighted by Crippen LogP contribution is 2.14. The monoisotopic (exact) mass is 285 g/mol. The van der Waals surface area contributed by atoms with Gasteiger partial charge in [-0.1, -0.05) is 6.92 Å². The predicted octanol–water partition coefficient (Wildman–Crippen LogP) is 0.662. The molecule has 7 heteroatoms. The molecule has 0 radical (unpaired) electrons. The van der Waals surface area contributed by atoms with E-state index >= 15 is 0 Å². The van der Waals surface area contributed by atoms with Crippen LogP contribution in [-0.2, 0) is 14.8 Å². The lowest BCUT2D eigenvalue weighted by molar-refractivity contribution is -0.116. The molecule has 0 atom stereocenters. The smallest absolute Gasteiger partial charge is 0.240 e. The SMILES string of the molecule is CCNS(=O)(=O)c1ccc(NC(=O)CCCN)cc1. The Morgan fingerprint density at radius 3 is 2.42 bits per heavy atom. The second-order valence-corrected chi connectivity index (χ2v) is 5.73. The van der Waals surface area contributed by atoms with Crippen LogP contribution in [0.1, 0.15) is 19.8 Å². The van der Waals surface area contributed by atoms with Crippen molar-refractivity contribution in [2.24, 2.45) is 5.73 Å². The lowest BCUT2D eigenvalue weighted by Crippen LogP contribution is -2.23. The summed E-state index contributed by atoms with van der Waals surface area (Å²) in [6.45, 7) is 2.51. The number of rotatable bonds is 7. The summed E-state index contributed by atoms with van der Waals surface area (Å²) in [5.41, 5.74) is 5.88. The fraction of sp³-hybridized carbons (Fsp3) is 0.417. The summed E-state index contributed by atoms with van der Waals surface area (Å²) in [5.74, 6) is -0.132. The number of amides is 1. The minimum atomic E-state index is -3.45. The fourth-order valence-corrected chi connectivity index (χ4v) is 2.52. The molecule has 0 saturated carbocycles. The zero-order valence-electron chi connectivity index (χ0n) is 10.8. The molecule has 0 fully saturated rings. The molecule has 1 aromatic carbocycles. The van der Waals surface area contributed by atoms with E-state index in [2.05, 4.69) is 10.0 Å². The number of carbonyl (C=O) groups is 1. The van der Waals surface area contributed by atoms with Gasteiger partial charge in [-0.3, -0.25) is 4.79 Å². The number of sulfonamides is 1. The average Bonchev–Trinajstić information content (AvgIpc) is 2.37. The molecule has 1 rings (SSSR count). The molecule has 0 aliphatic rings. The minimum absolute atomic E-state index is 0.132. The van der Waals surface area contributed by atoms with Gasteiger partial charge in [0.1, 0.15) is 0 Å². The summed E-state index contributed by atoms with van der Waals surface area (Å²) < 4.78 is 25.8. The molecule has 0 aliphatic heterocycles. The zero-order valence-corrected chi connectivity index (χ0v) is 11.7. The first kappa shape index (κ1) is 15.6. The Bertz CT molecular complexity index is 512. The van der Waals surface area contributed by atoms with Crippen LogP contribution >= 0.6 is 0 Å². The summed E-state index contributed by atoms with van der Waals surface area (Å²) in [4.78, 5) is 11.6. The van der Waals surface area contributed by atoms with Gasteiger partial charge in [-0.2, -0.15) is 0 Å². The van der Waals surface area contributed by atoms with Crippen LogP contribution in [0, 0.1) is 0 Å². The Labute approximate surface area is 113 Å². The van der Waals surface area contributed by atoms with E-state index in [1.54, 1.807) is 19.1 Å². The predicted molar refractivity (Wildman–Crippen MR) is 74.2 cm³/mol. The van der Waals surface area contributed by atoms with Gasteiger partial charge in [-0.25, -0.2) is 13.1 Å². The van der Waals surface area contributed by atoms with Crippen molar-refractivity contribution in [2.45, 2.75) is 24.7 Å². The maximum absolute atomic E-state index is 11.7. The number of benzene rings is 1. The zero-order chi connectivity index (χ0) is 14.3. The van der Waals surface area contributed by atoms with E-state index in [0.29, 0.717) is 31.6 Å². The largest absolute Gasteiger partial charge is 0.330 e. The molecular formula is C12H19N3O3S. The molecule has 0 aliphatic carbocycles. The number of hydrogen-bond acceptors (Lipinski definition) is 4. The van der Waals surface area contributed by atoms with Gasteiger partial charge >= 0.3 is 0 Å². The van der Waals surface area contributed by atoms with Gasteiger partial charge < -0.3 is 11.1 Å². The third-order valence-electron chi connectivity index (χ3n) is 2.39. The van der Waals surface area contributed by atoms with E-state index in [0.717, 1.165) is 0 Å². The summed E-state index contributed by atoms with van der Waals surface area (Å²) >= 11 is 0. The molecule has 0 unspecified atom stereocenters. The number of anilines is 1. The van der Waals surface area contributed by atoms with Crippen LogP contribution in [0.5, 0.6) is 0 Å². The van der Waals surface area contributed by atoms with Gasteiger partial charge in [-0.15, -0.1) is 0 Å². The summed E-state index contributed by atoms with van der Waals surface area (Å²) in [5, 5.41) is 2.68. The van der Waals surface area contributed by atoms with Crippen LogP contribution < -0.4 is 15.8 Å². The van der Waals surface area contributed by atoms with Gasteiger partial charge in [0.25, 0.3) is 0 Å². The molecule has 1 amide bonds. The van der Waals surface area contributed by atoms with Crippen molar-refractivity contribution in [3.05, 3.63) is 24.3 Å². The number of nitrogens with one attached hydrogen (secondary N) is 2. The van der Waals surface area contributed by atoms with Crippen LogP contribution in [0.2, 0.25) is 0 Å². The van der Waals surface area contributed by atoms with Crippen molar-refractivity contribution in [2.75, 3.05) is 18.4 Å². The van der Waals surface area contributed by atoms with Gasteiger partial charge in [-0.05, 0) is 37.2 Å². The summed E-state index contributed by atoms with van der Waals surface area (Å²) in [6, 6.07) is 6.03. The van der Waals surface area contributed by atoms with E-state index in [1.807, 2.05) is 0 Å². The molecule has 0 aromatic heterocycles. The third-order valence-corrected chi connectivity index (χ3v) is 3.95. The van der Waals surface area contributed by atoms with E-state index in [1.165, 1.54) is 12.1 Å². The standard InChI is InChI=1S/C12H19N3O3S/c1-2-14-19(17,18)11-7-5-10(6-8-11)15-12(16)4-3-9-13/h5-8,14H,2-4,9,13H2,1H3,(H,15,16). The summed E-state index contributed by atoms with van der Waals surface area (Å²) in [7, 11) is -3.45. The maximum Gasteiger partial charge on any atom is 0.240 e. The molecule has 106 valence electrons. The fourth-order valence-electron chi connectivity index (χ4n) is 1.48. The van der Waals surface area contributed by atoms with Crippen molar-refractivity contribution in [1.29, 1.82) is 0 Å². The second-order valence-electron chi connectivity index (χ2n) is 3.97. The maximum atomic E-state index is 11.7. The Hall–Kier alpha value is -1.44. The van der Waals surface area contributed by atoms with Crippen molar-refractivity contribution >= 4 is 21.6 Å². The normalized spacial score (nSPS) is 11.3. The van der Waals surface area contributed by atoms with E-state index < -0.39 is 10.0 Å². The van der Waals surface area contributed by atoms with Crippen molar-refractivity contribution < 1.29 is 13.2 Å². The van der Waals surface area contributed by atoms with E-state index in [4.69, 9.17) is 5.73 Å². The molecule has 4 N–H and O–H groups in total. The Kier molecular flexibility index (Phi) is 5.94. The topological polar surface area (TPSA) is 101 Å². The third kappa shape index (κ3) is 4.98. The van der Waals surface area contributed by atoms with Crippen molar-refractivity contribution in [3.63, 3.8) is 0 Å². The lowest BCUT2D eigenvalue weighted by atomic mass is 10.2. The minimum Gasteiger partial charge on any atom is -0.330 e. The van der Waals surface area contributed by atoms with Crippen molar-refractivity contribution in [3.8, 4) is 0 Å². The lowest BCUT2D eigenvalue weighted by Gasteiger charge is -2.07. The second kappa shape index (κ2) is 7.22. The molecule has 0 spiro atoms. The summed E-state index contributed by atoms with van der Waals surface area (Å²) in [6.07, 6.45) is 0.979. The van der Waals surface area contributed by atoms with Crippen LogP contribution in [0.4, 0.5) is 5.69 Å². The first-order valence-electron chi connectivity index (χ1n) is 6.09. The molecule has 1 aromatic rings. The quantitative estimate of drug-likeness (QED) is 0.685. The van der Waals surface area contributed by atoms with Crippen LogP contribution in [0.3, 0.4) is 0 Å². The molecule has 0 heterocycles. The van der Waals surface area contributed by atoms with Crippen molar-refractivity contribution in [1.82, 2.24) is 4.72 Å². The molecule has 0 saturated heterocycles. The number of hydrogen-bond donors (Lipinski definition) is 3. The average molecular weight is 285 g/mol. The van der Waals surface area contributed by atoms with Gasteiger partial charge in [0.2, 0.25) is 15.9 Å². The highest BCUT2D eigenvalue weighted by atomic mass is 32.2. The Morgan fingerprint density at radius 1 is 1.26 bits per heavy atom. The first-order chi connectivity index (χ1) is 8.99. The van der Waals surface area contributed by atoms with E-state index in [9.17, 15) is 13.2 Å². The van der Waals surface area contributed by atoms with Gasteiger partial charge in [0, 0.05) is 18.7 Å². The Balaban J connectivity index is 2.69. The Morgan fingerprint density at radius 2 is 1.89 bits per heavy atom. The van der Waals surface area contributed by atoms with Crippen LogP contribution in [0.15, 0.2) is 29.2 Å². The van der Waals surface area contributed by atoms with Gasteiger partial charge in [0.05, 0.1) is 4.90 Å².